The zero-order valence-corrected chi connectivity index (χ0v) is 14.0. The molecule has 1 aliphatic heterocycles. The van der Waals surface area contributed by atoms with Gasteiger partial charge >= 0.3 is 0 Å². The van der Waals surface area contributed by atoms with Gasteiger partial charge in [0, 0.05) is 31.0 Å². The van der Waals surface area contributed by atoms with Gasteiger partial charge in [-0.3, -0.25) is 4.79 Å². The normalized spacial score (nSPS) is 14.7. The molecule has 0 aliphatic carbocycles. The van der Waals surface area contributed by atoms with Gasteiger partial charge in [-0.15, -0.1) is 0 Å². The minimum Gasteiger partial charge on any atom is -0.340 e. The third kappa shape index (κ3) is 2.50. The predicted molar refractivity (Wildman–Crippen MR) is 97.4 cm³/mol. The summed E-state index contributed by atoms with van der Waals surface area (Å²) in [7, 11) is 1.91. The van der Waals surface area contributed by atoms with Crippen LogP contribution in [0.3, 0.4) is 0 Å². The molecule has 0 radical (unpaired) electrons. The van der Waals surface area contributed by atoms with E-state index in [-0.39, 0.29) is 5.91 Å². The van der Waals surface area contributed by atoms with Gasteiger partial charge in [0.2, 0.25) is 0 Å². The van der Waals surface area contributed by atoms with Crippen molar-refractivity contribution in [3.8, 4) is 0 Å². The van der Waals surface area contributed by atoms with Crippen LogP contribution in [0.2, 0.25) is 0 Å². The second kappa shape index (κ2) is 6.16. The van der Waals surface area contributed by atoms with E-state index in [9.17, 15) is 4.79 Å². The number of aromatic nitrogens is 1. The van der Waals surface area contributed by atoms with Crippen LogP contribution < -0.4 is 0 Å². The topological polar surface area (TPSA) is 25.2 Å². The highest BCUT2D eigenvalue weighted by molar-refractivity contribution is 6.02. The third-order valence-electron chi connectivity index (χ3n) is 5.01. The minimum absolute atomic E-state index is 0.159. The van der Waals surface area contributed by atoms with E-state index < -0.39 is 0 Å². The molecule has 1 aliphatic rings. The van der Waals surface area contributed by atoms with Crippen LogP contribution in [-0.4, -0.2) is 29.0 Å². The summed E-state index contributed by atoms with van der Waals surface area (Å²) >= 11 is 0. The van der Waals surface area contributed by atoms with E-state index in [4.69, 9.17) is 0 Å². The summed E-state index contributed by atoms with van der Waals surface area (Å²) in [6, 6.07) is 18.9. The zero-order valence-electron chi connectivity index (χ0n) is 14.0. The summed E-state index contributed by atoms with van der Waals surface area (Å²) < 4.78 is 2.24. The van der Waals surface area contributed by atoms with Crippen molar-refractivity contribution in [2.24, 2.45) is 0 Å². The van der Waals surface area contributed by atoms with Crippen LogP contribution in [0.25, 0.3) is 10.9 Å². The Morgan fingerprint density at radius 1 is 1.00 bits per heavy atom. The van der Waals surface area contributed by atoms with Gasteiger partial charge in [-0.25, -0.2) is 0 Å². The maximum atomic E-state index is 12.9. The standard InChI is InChI=1S/C21H22N2O/c1-22-14-7-11-18-17-10-5-6-12-19(17)23(20(18)21(22)24)15-13-16-8-3-2-4-9-16/h2-6,8-10,12H,7,11,13-15H2,1H3. The fraction of sp³-hybridized carbons (Fsp3) is 0.286. The maximum Gasteiger partial charge on any atom is 0.270 e. The predicted octanol–water partition coefficient (Wildman–Crippen LogP) is 3.90. The quantitative estimate of drug-likeness (QED) is 0.719. The van der Waals surface area contributed by atoms with Crippen molar-refractivity contribution in [1.82, 2.24) is 9.47 Å². The second-order valence-electron chi connectivity index (χ2n) is 6.56. The molecule has 3 heteroatoms. The van der Waals surface area contributed by atoms with Crippen molar-refractivity contribution in [3.05, 3.63) is 71.4 Å². The van der Waals surface area contributed by atoms with Crippen molar-refractivity contribution >= 4 is 16.8 Å². The molecule has 0 N–H and O–H groups in total. The molecule has 0 spiro atoms. The molecule has 0 saturated heterocycles. The summed E-state index contributed by atoms with van der Waals surface area (Å²) in [5.41, 5.74) is 4.61. The number of carbonyl (C=O) groups is 1. The van der Waals surface area contributed by atoms with Crippen LogP contribution in [0.5, 0.6) is 0 Å². The molecule has 3 nitrogen and oxygen atoms in total. The van der Waals surface area contributed by atoms with E-state index in [1.54, 1.807) is 0 Å². The Morgan fingerprint density at radius 3 is 2.58 bits per heavy atom. The maximum absolute atomic E-state index is 12.9. The molecule has 2 aromatic carbocycles. The van der Waals surface area contributed by atoms with Crippen molar-refractivity contribution in [2.45, 2.75) is 25.8 Å². The molecule has 0 bridgehead atoms. The van der Waals surface area contributed by atoms with Crippen LogP contribution in [-0.2, 0) is 19.4 Å². The smallest absolute Gasteiger partial charge is 0.270 e. The Hall–Kier alpha value is -2.55. The number of fused-ring (bicyclic) bond motifs is 3. The first kappa shape index (κ1) is 15.0. The van der Waals surface area contributed by atoms with Gasteiger partial charge < -0.3 is 9.47 Å². The first-order chi connectivity index (χ1) is 11.8. The Balaban J connectivity index is 1.81. The van der Waals surface area contributed by atoms with Gasteiger partial charge in [-0.05, 0) is 36.5 Å². The number of hydrogen-bond donors (Lipinski definition) is 0. The molecule has 0 fully saturated rings. The number of hydrogen-bond acceptors (Lipinski definition) is 1. The molecule has 24 heavy (non-hydrogen) atoms. The second-order valence-corrected chi connectivity index (χ2v) is 6.56. The molecule has 0 atom stereocenters. The lowest BCUT2D eigenvalue weighted by Crippen LogP contribution is -2.28. The van der Waals surface area contributed by atoms with Gasteiger partial charge in [0.1, 0.15) is 5.69 Å². The largest absolute Gasteiger partial charge is 0.340 e. The fourth-order valence-electron chi connectivity index (χ4n) is 3.77. The molecule has 0 unspecified atom stereocenters. The van der Waals surface area contributed by atoms with E-state index in [0.717, 1.165) is 38.0 Å². The van der Waals surface area contributed by atoms with Crippen LogP contribution in [0, 0.1) is 0 Å². The number of amides is 1. The first-order valence-corrected chi connectivity index (χ1v) is 8.65. The molecular formula is C21H22N2O. The van der Waals surface area contributed by atoms with E-state index >= 15 is 0 Å². The zero-order chi connectivity index (χ0) is 16.5. The molecule has 1 amide bonds. The number of carbonyl (C=O) groups excluding carboxylic acids is 1. The Morgan fingerprint density at radius 2 is 1.75 bits per heavy atom. The highest BCUT2D eigenvalue weighted by Crippen LogP contribution is 2.30. The lowest BCUT2D eigenvalue weighted by molar-refractivity contribution is 0.0790. The van der Waals surface area contributed by atoms with Gasteiger partial charge in [-0.2, -0.15) is 0 Å². The first-order valence-electron chi connectivity index (χ1n) is 8.65. The van der Waals surface area contributed by atoms with Crippen LogP contribution in [0.1, 0.15) is 28.0 Å². The summed E-state index contributed by atoms with van der Waals surface area (Å²) in [4.78, 5) is 14.8. The molecule has 122 valence electrons. The fourth-order valence-corrected chi connectivity index (χ4v) is 3.77. The van der Waals surface area contributed by atoms with E-state index in [0.29, 0.717) is 0 Å². The van der Waals surface area contributed by atoms with Crippen molar-refractivity contribution < 1.29 is 4.79 Å². The van der Waals surface area contributed by atoms with Crippen molar-refractivity contribution in [1.29, 1.82) is 0 Å². The number of rotatable bonds is 3. The summed E-state index contributed by atoms with van der Waals surface area (Å²) in [6.45, 7) is 1.67. The minimum atomic E-state index is 0.159. The lowest BCUT2D eigenvalue weighted by Gasteiger charge is -2.16. The average Bonchev–Trinajstić information content (AvgIpc) is 2.85. The van der Waals surface area contributed by atoms with Gasteiger partial charge in [-0.1, -0.05) is 48.5 Å². The SMILES string of the molecule is CN1CCCc2c(n(CCc3ccccc3)c3ccccc23)C1=O. The van der Waals surface area contributed by atoms with Crippen LogP contribution in [0.4, 0.5) is 0 Å². The molecule has 1 aromatic heterocycles. The van der Waals surface area contributed by atoms with Crippen molar-refractivity contribution in [2.75, 3.05) is 13.6 Å². The molecule has 0 saturated carbocycles. The van der Waals surface area contributed by atoms with Crippen molar-refractivity contribution in [3.63, 3.8) is 0 Å². The number of benzene rings is 2. The molecule has 4 rings (SSSR count). The molecule has 2 heterocycles. The average molecular weight is 318 g/mol. The number of aryl methyl sites for hydroxylation is 3. The third-order valence-corrected chi connectivity index (χ3v) is 5.01. The Labute approximate surface area is 142 Å². The lowest BCUT2D eigenvalue weighted by atomic mass is 10.1. The number of nitrogens with zero attached hydrogens (tertiary/aromatic N) is 2. The molecule has 3 aromatic rings. The number of para-hydroxylation sites is 1. The van der Waals surface area contributed by atoms with E-state index in [1.165, 1.54) is 22.0 Å². The summed E-state index contributed by atoms with van der Waals surface area (Å²) in [5.74, 6) is 0.159. The van der Waals surface area contributed by atoms with Gasteiger partial charge in [0.25, 0.3) is 5.91 Å². The monoisotopic (exact) mass is 318 g/mol. The van der Waals surface area contributed by atoms with E-state index in [1.807, 2.05) is 18.0 Å². The highest BCUT2D eigenvalue weighted by atomic mass is 16.2. The van der Waals surface area contributed by atoms with Gasteiger partial charge in [0.15, 0.2) is 0 Å². The Bertz CT molecular complexity index is 879. The van der Waals surface area contributed by atoms with Crippen LogP contribution >= 0.6 is 0 Å². The summed E-state index contributed by atoms with van der Waals surface area (Å²) in [5, 5.41) is 1.24. The van der Waals surface area contributed by atoms with Gasteiger partial charge in [0.05, 0.1) is 0 Å². The van der Waals surface area contributed by atoms with E-state index in [2.05, 4.69) is 53.1 Å². The molecular weight excluding hydrogens is 296 g/mol. The summed E-state index contributed by atoms with van der Waals surface area (Å²) in [6.07, 6.45) is 2.94. The highest BCUT2D eigenvalue weighted by Gasteiger charge is 2.27. The Kier molecular flexibility index (Phi) is 3.85. The van der Waals surface area contributed by atoms with Crippen LogP contribution in [0.15, 0.2) is 54.6 Å².